The summed E-state index contributed by atoms with van der Waals surface area (Å²) in [7, 11) is 1.58. The zero-order valence-electron chi connectivity index (χ0n) is 17.7. The van der Waals surface area contributed by atoms with Crippen LogP contribution in [0.3, 0.4) is 0 Å². The molecule has 2 aromatic carbocycles. The maximum atomic E-state index is 12.7. The maximum Gasteiger partial charge on any atom is 0.227 e. The molecule has 9 heteroatoms. The number of nitrogens with zero attached hydrogens (tertiary/aromatic N) is 5. The van der Waals surface area contributed by atoms with Crippen molar-refractivity contribution in [3.63, 3.8) is 0 Å². The number of tetrazole rings is 1. The van der Waals surface area contributed by atoms with Gasteiger partial charge in [-0.1, -0.05) is 12.1 Å². The van der Waals surface area contributed by atoms with Gasteiger partial charge in [-0.3, -0.25) is 9.59 Å². The van der Waals surface area contributed by atoms with E-state index in [2.05, 4.69) is 20.8 Å². The number of carbonyl (C=O) groups excluding carboxylic acids is 2. The highest BCUT2D eigenvalue weighted by Gasteiger charge is 2.35. The van der Waals surface area contributed by atoms with Crippen LogP contribution in [0.2, 0.25) is 0 Å². The fraction of sp³-hybridized carbons (Fsp3) is 0.318. The summed E-state index contributed by atoms with van der Waals surface area (Å²) in [4.78, 5) is 26.8. The van der Waals surface area contributed by atoms with Gasteiger partial charge < -0.3 is 15.0 Å². The lowest BCUT2D eigenvalue weighted by Crippen LogP contribution is -2.33. The number of benzene rings is 2. The molecule has 0 radical (unpaired) electrons. The van der Waals surface area contributed by atoms with Crippen molar-refractivity contribution in [2.75, 3.05) is 18.6 Å². The van der Waals surface area contributed by atoms with Crippen molar-refractivity contribution in [2.45, 2.75) is 26.8 Å². The van der Waals surface area contributed by atoms with Crippen molar-refractivity contribution in [2.24, 2.45) is 5.92 Å². The van der Waals surface area contributed by atoms with E-state index in [1.807, 2.05) is 50.2 Å². The smallest absolute Gasteiger partial charge is 0.227 e. The van der Waals surface area contributed by atoms with E-state index >= 15 is 0 Å². The van der Waals surface area contributed by atoms with Gasteiger partial charge in [0, 0.05) is 24.7 Å². The van der Waals surface area contributed by atoms with Crippen molar-refractivity contribution in [3.8, 4) is 11.4 Å². The van der Waals surface area contributed by atoms with Crippen molar-refractivity contribution in [1.82, 2.24) is 25.5 Å². The second kappa shape index (κ2) is 8.55. The summed E-state index contributed by atoms with van der Waals surface area (Å²) < 4.78 is 6.83. The Labute approximate surface area is 180 Å². The minimum Gasteiger partial charge on any atom is -0.497 e. The molecule has 9 nitrogen and oxygen atoms in total. The molecule has 0 aliphatic carbocycles. The predicted molar refractivity (Wildman–Crippen MR) is 114 cm³/mol. The number of rotatable bonds is 6. The van der Waals surface area contributed by atoms with Gasteiger partial charge in [0.1, 0.15) is 5.75 Å². The van der Waals surface area contributed by atoms with Crippen molar-refractivity contribution < 1.29 is 14.3 Å². The van der Waals surface area contributed by atoms with E-state index in [1.165, 1.54) is 5.56 Å². The lowest BCUT2D eigenvalue weighted by Gasteiger charge is -2.17. The summed E-state index contributed by atoms with van der Waals surface area (Å²) in [5, 5.41) is 14.7. The molecule has 3 aromatic rings. The van der Waals surface area contributed by atoms with Crippen LogP contribution in [0.25, 0.3) is 5.69 Å². The molecule has 1 N–H and O–H groups in total. The Hall–Kier alpha value is -3.75. The fourth-order valence-electron chi connectivity index (χ4n) is 3.60. The number of ether oxygens (including phenoxy) is 1. The molecule has 0 saturated carbocycles. The molecule has 2 heterocycles. The standard InChI is InChI=1S/C22H24N6O3/c1-14-7-8-18(9-15(14)2)28-20(24-25-26-28)12-23-22(30)16-10-21(29)27(13-16)17-5-4-6-19(11-17)31-3/h4-9,11,16H,10,12-13H2,1-3H3,(H,23,30). The highest BCUT2D eigenvalue weighted by atomic mass is 16.5. The quantitative estimate of drug-likeness (QED) is 0.654. The van der Waals surface area contributed by atoms with E-state index in [9.17, 15) is 9.59 Å². The Morgan fingerprint density at radius 2 is 2.00 bits per heavy atom. The van der Waals surface area contributed by atoms with Crippen molar-refractivity contribution in [1.29, 1.82) is 0 Å². The minimum atomic E-state index is -0.440. The molecule has 1 aliphatic heterocycles. The largest absolute Gasteiger partial charge is 0.497 e. The van der Waals surface area contributed by atoms with Crippen molar-refractivity contribution >= 4 is 17.5 Å². The molecule has 1 saturated heterocycles. The number of hydrogen-bond donors (Lipinski definition) is 1. The van der Waals surface area contributed by atoms with E-state index < -0.39 is 5.92 Å². The molecule has 1 aliphatic rings. The summed E-state index contributed by atoms with van der Waals surface area (Å²) in [6.45, 7) is 4.55. The highest BCUT2D eigenvalue weighted by molar-refractivity contribution is 6.00. The average molecular weight is 420 g/mol. The van der Waals surface area contributed by atoms with Gasteiger partial charge in [-0.05, 0) is 59.7 Å². The Kier molecular flexibility index (Phi) is 5.66. The SMILES string of the molecule is COc1cccc(N2CC(C(=O)NCc3nnnn3-c3ccc(C)c(C)c3)CC2=O)c1. The molecule has 1 fully saturated rings. The van der Waals surface area contributed by atoms with Gasteiger partial charge in [-0.2, -0.15) is 4.68 Å². The highest BCUT2D eigenvalue weighted by Crippen LogP contribution is 2.28. The van der Waals surface area contributed by atoms with Gasteiger partial charge in [0.15, 0.2) is 5.82 Å². The predicted octanol–water partition coefficient (Wildman–Crippen LogP) is 1.96. The molecule has 1 aromatic heterocycles. The molecular weight excluding hydrogens is 396 g/mol. The van der Waals surface area contributed by atoms with Crippen LogP contribution in [0.4, 0.5) is 5.69 Å². The Morgan fingerprint density at radius 3 is 2.77 bits per heavy atom. The van der Waals surface area contributed by atoms with Gasteiger partial charge in [-0.15, -0.1) is 5.10 Å². The van der Waals surface area contributed by atoms with E-state index in [1.54, 1.807) is 22.8 Å². The monoisotopic (exact) mass is 420 g/mol. The molecule has 2 amide bonds. The number of methoxy groups -OCH3 is 1. The van der Waals surface area contributed by atoms with Crippen LogP contribution in [0.1, 0.15) is 23.4 Å². The normalized spacial score (nSPS) is 15.9. The maximum absolute atomic E-state index is 12.7. The second-order valence-electron chi connectivity index (χ2n) is 7.60. The summed E-state index contributed by atoms with van der Waals surface area (Å²) in [5.74, 6) is 0.452. The van der Waals surface area contributed by atoms with E-state index in [4.69, 9.17) is 4.74 Å². The fourth-order valence-corrected chi connectivity index (χ4v) is 3.60. The number of anilines is 1. The van der Waals surface area contributed by atoms with Gasteiger partial charge in [-0.25, -0.2) is 0 Å². The molecule has 31 heavy (non-hydrogen) atoms. The van der Waals surface area contributed by atoms with E-state index in [0.717, 1.165) is 16.9 Å². The first-order chi connectivity index (χ1) is 15.0. The van der Waals surface area contributed by atoms with Crippen LogP contribution in [0.5, 0.6) is 5.75 Å². The Bertz CT molecular complexity index is 1130. The molecule has 4 rings (SSSR count). The number of aryl methyl sites for hydroxylation is 2. The number of amides is 2. The number of nitrogens with one attached hydrogen (secondary N) is 1. The first-order valence-corrected chi connectivity index (χ1v) is 10.0. The topological polar surface area (TPSA) is 102 Å². The van der Waals surface area contributed by atoms with Crippen LogP contribution < -0.4 is 15.0 Å². The molecule has 1 unspecified atom stereocenters. The van der Waals surface area contributed by atoms with Crippen molar-refractivity contribution in [3.05, 3.63) is 59.4 Å². The third-order valence-corrected chi connectivity index (χ3v) is 5.55. The third-order valence-electron chi connectivity index (χ3n) is 5.55. The zero-order chi connectivity index (χ0) is 22.0. The minimum absolute atomic E-state index is 0.0895. The van der Waals surface area contributed by atoms with Gasteiger partial charge in [0.2, 0.25) is 11.8 Å². The summed E-state index contributed by atoms with van der Waals surface area (Å²) in [5.41, 5.74) is 3.86. The van der Waals surface area contributed by atoms with Crippen LogP contribution in [-0.2, 0) is 16.1 Å². The second-order valence-corrected chi connectivity index (χ2v) is 7.60. The summed E-state index contributed by atoms with van der Waals surface area (Å²) >= 11 is 0. The van der Waals surface area contributed by atoms with E-state index in [0.29, 0.717) is 18.1 Å². The number of aromatic nitrogens is 4. The average Bonchev–Trinajstić information content (AvgIpc) is 3.40. The number of carbonyl (C=O) groups is 2. The third kappa shape index (κ3) is 4.25. The number of hydrogen-bond acceptors (Lipinski definition) is 6. The van der Waals surface area contributed by atoms with Gasteiger partial charge in [0.05, 0.1) is 25.3 Å². The summed E-state index contributed by atoms with van der Waals surface area (Å²) in [6, 6.07) is 13.2. The van der Waals surface area contributed by atoms with Gasteiger partial charge >= 0.3 is 0 Å². The first-order valence-electron chi connectivity index (χ1n) is 10.0. The molecule has 1 atom stereocenters. The van der Waals surface area contributed by atoms with Crippen LogP contribution >= 0.6 is 0 Å². The first kappa shape index (κ1) is 20.5. The van der Waals surface area contributed by atoms with Crippen LogP contribution in [0.15, 0.2) is 42.5 Å². The van der Waals surface area contributed by atoms with E-state index in [-0.39, 0.29) is 24.8 Å². The molecule has 0 bridgehead atoms. The molecular formula is C22H24N6O3. The Balaban J connectivity index is 1.41. The zero-order valence-corrected chi connectivity index (χ0v) is 17.7. The lowest BCUT2D eigenvalue weighted by molar-refractivity contribution is -0.126. The van der Waals surface area contributed by atoms with Crippen LogP contribution in [-0.4, -0.2) is 45.7 Å². The van der Waals surface area contributed by atoms with Crippen LogP contribution in [0, 0.1) is 19.8 Å². The molecule has 0 spiro atoms. The summed E-state index contributed by atoms with van der Waals surface area (Å²) in [6.07, 6.45) is 0.158. The Morgan fingerprint density at radius 1 is 1.16 bits per heavy atom. The lowest BCUT2D eigenvalue weighted by atomic mass is 10.1. The van der Waals surface area contributed by atoms with Gasteiger partial charge in [0.25, 0.3) is 0 Å². The molecule has 160 valence electrons.